The van der Waals surface area contributed by atoms with Crippen LogP contribution in [-0.2, 0) is 24.1 Å². The number of rotatable bonds is 5. The molecule has 1 aromatic heterocycles. The molecule has 0 saturated carbocycles. The number of fused-ring (bicyclic) bond motifs is 1. The zero-order chi connectivity index (χ0) is 15.5. The molecule has 2 aromatic rings. The van der Waals surface area contributed by atoms with Gasteiger partial charge in [-0.25, -0.2) is 9.18 Å². The van der Waals surface area contributed by atoms with Crippen LogP contribution in [0.3, 0.4) is 0 Å². The molecule has 0 amide bonds. The second-order valence-corrected chi connectivity index (χ2v) is 6.33. The summed E-state index contributed by atoms with van der Waals surface area (Å²) in [5.74, 6) is -0.519. The first-order valence-electron chi connectivity index (χ1n) is 7.49. The molecule has 116 valence electrons. The first-order chi connectivity index (χ1) is 10.7. The van der Waals surface area contributed by atoms with Crippen LogP contribution >= 0.6 is 11.3 Å². The monoisotopic (exact) mass is 319 g/mol. The number of esters is 1. The van der Waals surface area contributed by atoms with Gasteiger partial charge in [0.15, 0.2) is 0 Å². The number of ether oxygens (including phenoxy) is 1. The quantitative estimate of drug-likeness (QED) is 0.841. The summed E-state index contributed by atoms with van der Waals surface area (Å²) in [6, 6.07) is 6.66. The lowest BCUT2D eigenvalue weighted by atomic mass is 10.1. The molecule has 0 aliphatic heterocycles. The molecule has 0 saturated heterocycles. The predicted molar refractivity (Wildman–Crippen MR) is 86.0 cm³/mol. The Morgan fingerprint density at radius 3 is 2.95 bits per heavy atom. The largest absolute Gasteiger partial charge is 0.462 e. The lowest BCUT2D eigenvalue weighted by Crippen LogP contribution is -2.10. The van der Waals surface area contributed by atoms with Crippen LogP contribution in [-0.4, -0.2) is 12.6 Å². The lowest BCUT2D eigenvalue weighted by Gasteiger charge is -2.09. The van der Waals surface area contributed by atoms with Crippen molar-refractivity contribution in [1.82, 2.24) is 0 Å². The van der Waals surface area contributed by atoms with Crippen LogP contribution in [0.25, 0.3) is 0 Å². The van der Waals surface area contributed by atoms with E-state index in [1.165, 1.54) is 10.9 Å². The Hall–Kier alpha value is -1.88. The van der Waals surface area contributed by atoms with E-state index >= 15 is 0 Å². The van der Waals surface area contributed by atoms with Crippen molar-refractivity contribution >= 4 is 22.3 Å². The molecule has 0 fully saturated rings. The summed E-state index contributed by atoms with van der Waals surface area (Å²) < 4.78 is 18.9. The Labute approximate surface area is 133 Å². The van der Waals surface area contributed by atoms with Crippen LogP contribution < -0.4 is 5.32 Å². The van der Waals surface area contributed by atoms with Crippen molar-refractivity contribution in [3.8, 4) is 0 Å². The van der Waals surface area contributed by atoms with E-state index in [4.69, 9.17) is 4.74 Å². The van der Waals surface area contributed by atoms with E-state index in [2.05, 4.69) is 5.32 Å². The number of benzene rings is 1. The Balaban J connectivity index is 1.84. The van der Waals surface area contributed by atoms with Crippen LogP contribution in [0.4, 0.5) is 9.39 Å². The molecule has 1 aliphatic rings. The minimum atomic E-state index is -0.280. The third-order valence-electron chi connectivity index (χ3n) is 3.80. The summed E-state index contributed by atoms with van der Waals surface area (Å²) in [7, 11) is 0. The molecular weight excluding hydrogens is 301 g/mol. The SMILES string of the molecule is CCOC(=O)c1c(NCc2ccccc2F)sc2c1CCC2. The van der Waals surface area contributed by atoms with Gasteiger partial charge in [-0.15, -0.1) is 11.3 Å². The average molecular weight is 319 g/mol. The van der Waals surface area contributed by atoms with Crippen molar-refractivity contribution in [2.24, 2.45) is 0 Å². The number of thiophene rings is 1. The highest BCUT2D eigenvalue weighted by atomic mass is 32.1. The molecule has 3 nitrogen and oxygen atoms in total. The Morgan fingerprint density at radius 1 is 1.36 bits per heavy atom. The summed E-state index contributed by atoms with van der Waals surface area (Å²) in [5, 5.41) is 4.01. The van der Waals surface area contributed by atoms with Gasteiger partial charge in [0.05, 0.1) is 12.2 Å². The molecule has 3 rings (SSSR count). The summed E-state index contributed by atoms with van der Waals surface area (Å²) in [5.41, 5.74) is 2.35. The maximum Gasteiger partial charge on any atom is 0.341 e. The fourth-order valence-electron chi connectivity index (χ4n) is 2.77. The Kier molecular flexibility index (Phi) is 4.43. The molecule has 0 bridgehead atoms. The summed E-state index contributed by atoms with van der Waals surface area (Å²) >= 11 is 1.59. The van der Waals surface area contributed by atoms with Crippen molar-refractivity contribution in [3.63, 3.8) is 0 Å². The van der Waals surface area contributed by atoms with E-state index in [1.54, 1.807) is 36.5 Å². The maximum atomic E-state index is 13.7. The van der Waals surface area contributed by atoms with E-state index in [0.717, 1.165) is 29.8 Å². The minimum absolute atomic E-state index is 0.239. The van der Waals surface area contributed by atoms with Gasteiger partial charge in [0.2, 0.25) is 0 Å². The smallest absolute Gasteiger partial charge is 0.341 e. The Bertz CT molecular complexity index is 696. The number of carbonyl (C=O) groups excluding carboxylic acids is 1. The van der Waals surface area contributed by atoms with Crippen LogP contribution in [0.5, 0.6) is 0 Å². The molecule has 0 spiro atoms. The van der Waals surface area contributed by atoms with Gasteiger partial charge >= 0.3 is 5.97 Å². The summed E-state index contributed by atoms with van der Waals surface area (Å²) in [6.45, 7) is 2.52. The van der Waals surface area contributed by atoms with Gasteiger partial charge in [-0.3, -0.25) is 0 Å². The average Bonchev–Trinajstić information content (AvgIpc) is 3.06. The van der Waals surface area contributed by atoms with Crippen molar-refractivity contribution < 1.29 is 13.9 Å². The number of halogens is 1. The second-order valence-electron chi connectivity index (χ2n) is 5.23. The number of aryl methyl sites for hydroxylation is 1. The highest BCUT2D eigenvalue weighted by molar-refractivity contribution is 7.16. The zero-order valence-electron chi connectivity index (χ0n) is 12.4. The van der Waals surface area contributed by atoms with E-state index in [9.17, 15) is 9.18 Å². The highest BCUT2D eigenvalue weighted by Gasteiger charge is 2.27. The van der Waals surface area contributed by atoms with Gasteiger partial charge < -0.3 is 10.1 Å². The lowest BCUT2D eigenvalue weighted by molar-refractivity contribution is 0.0527. The van der Waals surface area contributed by atoms with Crippen LogP contribution in [0.15, 0.2) is 24.3 Å². The molecule has 1 heterocycles. The fourth-order valence-corrected chi connectivity index (χ4v) is 4.04. The molecular formula is C17H18FNO2S. The van der Waals surface area contributed by atoms with E-state index in [0.29, 0.717) is 24.3 Å². The molecule has 1 aromatic carbocycles. The standard InChI is InChI=1S/C17H18FNO2S/c1-2-21-17(20)15-12-7-5-9-14(12)22-16(15)19-10-11-6-3-4-8-13(11)18/h3-4,6,8,19H,2,5,7,9-10H2,1H3. The van der Waals surface area contributed by atoms with Gasteiger partial charge in [-0.2, -0.15) is 0 Å². The third-order valence-corrected chi connectivity index (χ3v) is 5.05. The number of nitrogens with one attached hydrogen (secondary N) is 1. The number of anilines is 1. The summed E-state index contributed by atoms with van der Waals surface area (Å²) in [6.07, 6.45) is 3.01. The number of hydrogen-bond acceptors (Lipinski definition) is 4. The topological polar surface area (TPSA) is 38.3 Å². The van der Waals surface area contributed by atoms with Crippen LogP contribution in [0.1, 0.15) is 39.7 Å². The van der Waals surface area contributed by atoms with Gasteiger partial charge in [-0.05, 0) is 37.8 Å². The molecule has 0 radical (unpaired) electrons. The molecule has 22 heavy (non-hydrogen) atoms. The van der Waals surface area contributed by atoms with Crippen molar-refractivity contribution in [2.75, 3.05) is 11.9 Å². The van der Waals surface area contributed by atoms with E-state index in [-0.39, 0.29) is 11.8 Å². The minimum Gasteiger partial charge on any atom is -0.462 e. The highest BCUT2D eigenvalue weighted by Crippen LogP contribution is 2.39. The Morgan fingerprint density at radius 2 is 2.18 bits per heavy atom. The molecule has 0 unspecified atom stereocenters. The van der Waals surface area contributed by atoms with Crippen LogP contribution in [0.2, 0.25) is 0 Å². The normalized spacial score (nSPS) is 13.0. The van der Waals surface area contributed by atoms with Crippen LogP contribution in [0, 0.1) is 5.82 Å². The predicted octanol–water partition coefficient (Wildman–Crippen LogP) is 4.16. The van der Waals surface area contributed by atoms with Crippen molar-refractivity contribution in [2.45, 2.75) is 32.7 Å². The van der Waals surface area contributed by atoms with E-state index in [1.807, 2.05) is 0 Å². The van der Waals surface area contributed by atoms with E-state index < -0.39 is 0 Å². The second kappa shape index (κ2) is 6.48. The third kappa shape index (κ3) is 2.86. The molecule has 5 heteroatoms. The zero-order valence-corrected chi connectivity index (χ0v) is 13.3. The van der Waals surface area contributed by atoms with Gasteiger partial charge in [-0.1, -0.05) is 18.2 Å². The molecule has 0 atom stereocenters. The van der Waals surface area contributed by atoms with Gasteiger partial charge in [0, 0.05) is 17.0 Å². The first kappa shape index (κ1) is 15.0. The van der Waals surface area contributed by atoms with Gasteiger partial charge in [0.1, 0.15) is 10.8 Å². The van der Waals surface area contributed by atoms with Crippen molar-refractivity contribution in [1.29, 1.82) is 0 Å². The maximum absolute atomic E-state index is 13.7. The number of hydrogen-bond donors (Lipinski definition) is 1. The van der Waals surface area contributed by atoms with Gasteiger partial charge in [0.25, 0.3) is 0 Å². The summed E-state index contributed by atoms with van der Waals surface area (Å²) in [4.78, 5) is 13.5. The van der Waals surface area contributed by atoms with Crippen molar-refractivity contribution in [3.05, 3.63) is 51.7 Å². The first-order valence-corrected chi connectivity index (χ1v) is 8.31. The molecule has 1 N–H and O–H groups in total. The number of carbonyl (C=O) groups is 1. The fraction of sp³-hybridized carbons (Fsp3) is 0.353. The molecule has 1 aliphatic carbocycles.